The van der Waals surface area contributed by atoms with Gasteiger partial charge < -0.3 is 5.32 Å². The standard InChI is InChI=1S/C14H16N6/c1-4-15-14-17-12-8-6-5-7-11(12)13(18-14)20-10(3)16-9(2)19-20/h5-8H,4H2,1-3H3,(H,15,17,18). The van der Waals surface area contributed by atoms with Gasteiger partial charge in [0.15, 0.2) is 5.82 Å². The van der Waals surface area contributed by atoms with Gasteiger partial charge in [-0.3, -0.25) is 0 Å². The number of nitrogens with zero attached hydrogens (tertiary/aromatic N) is 5. The van der Waals surface area contributed by atoms with Crippen molar-refractivity contribution in [3.63, 3.8) is 0 Å². The predicted molar refractivity (Wildman–Crippen MR) is 78.1 cm³/mol. The Morgan fingerprint density at radius 3 is 2.60 bits per heavy atom. The SMILES string of the molecule is CCNc1nc(-n2nc(C)nc2C)c2ccccc2n1. The van der Waals surface area contributed by atoms with E-state index in [1.807, 2.05) is 45.0 Å². The Bertz CT molecular complexity index is 761. The Labute approximate surface area is 116 Å². The first kappa shape index (κ1) is 12.5. The van der Waals surface area contributed by atoms with Crippen molar-refractivity contribution in [1.82, 2.24) is 24.7 Å². The molecule has 0 aliphatic rings. The van der Waals surface area contributed by atoms with Gasteiger partial charge in [-0.15, -0.1) is 5.10 Å². The number of aromatic nitrogens is 5. The second kappa shape index (κ2) is 4.88. The number of anilines is 1. The minimum Gasteiger partial charge on any atom is -0.354 e. The molecule has 0 aliphatic carbocycles. The molecule has 0 amide bonds. The number of nitrogens with one attached hydrogen (secondary N) is 1. The number of hydrogen-bond acceptors (Lipinski definition) is 5. The molecule has 2 aromatic heterocycles. The third kappa shape index (κ3) is 2.09. The predicted octanol–water partition coefficient (Wildman–Crippen LogP) is 2.26. The highest BCUT2D eigenvalue weighted by Crippen LogP contribution is 2.21. The van der Waals surface area contributed by atoms with Crippen molar-refractivity contribution in [3.05, 3.63) is 35.9 Å². The van der Waals surface area contributed by atoms with Gasteiger partial charge in [0.05, 0.1) is 5.52 Å². The number of para-hydroxylation sites is 1. The van der Waals surface area contributed by atoms with Crippen molar-refractivity contribution >= 4 is 16.9 Å². The van der Waals surface area contributed by atoms with Gasteiger partial charge in [0.1, 0.15) is 11.6 Å². The maximum Gasteiger partial charge on any atom is 0.225 e. The number of fused-ring (bicyclic) bond motifs is 1. The molecule has 0 fully saturated rings. The van der Waals surface area contributed by atoms with Crippen LogP contribution in [0.25, 0.3) is 16.7 Å². The molecule has 0 radical (unpaired) electrons. The Hall–Kier alpha value is -2.50. The first-order valence-electron chi connectivity index (χ1n) is 6.60. The molecule has 0 unspecified atom stereocenters. The van der Waals surface area contributed by atoms with Crippen LogP contribution in [0.15, 0.2) is 24.3 Å². The average molecular weight is 268 g/mol. The zero-order valence-corrected chi connectivity index (χ0v) is 11.8. The van der Waals surface area contributed by atoms with Gasteiger partial charge >= 0.3 is 0 Å². The van der Waals surface area contributed by atoms with Crippen LogP contribution in [0.1, 0.15) is 18.6 Å². The third-order valence-electron chi connectivity index (χ3n) is 2.99. The van der Waals surface area contributed by atoms with Gasteiger partial charge in [-0.2, -0.15) is 9.67 Å². The number of aryl methyl sites for hydroxylation is 2. The molecule has 3 rings (SSSR count). The summed E-state index contributed by atoms with van der Waals surface area (Å²) < 4.78 is 1.76. The lowest BCUT2D eigenvalue weighted by Gasteiger charge is -2.09. The molecular formula is C14H16N6. The van der Waals surface area contributed by atoms with Crippen molar-refractivity contribution in [2.75, 3.05) is 11.9 Å². The maximum atomic E-state index is 4.57. The normalized spacial score (nSPS) is 10.9. The van der Waals surface area contributed by atoms with Gasteiger partial charge in [-0.25, -0.2) is 9.97 Å². The molecule has 2 heterocycles. The fourth-order valence-corrected chi connectivity index (χ4v) is 2.18. The summed E-state index contributed by atoms with van der Waals surface area (Å²) in [5, 5.41) is 8.53. The van der Waals surface area contributed by atoms with E-state index in [4.69, 9.17) is 0 Å². The second-order valence-electron chi connectivity index (χ2n) is 4.54. The molecule has 3 aromatic rings. The summed E-state index contributed by atoms with van der Waals surface area (Å²) in [4.78, 5) is 13.4. The molecule has 6 heteroatoms. The molecule has 0 aliphatic heterocycles. The zero-order valence-electron chi connectivity index (χ0n) is 11.8. The van der Waals surface area contributed by atoms with E-state index in [0.29, 0.717) is 5.95 Å². The lowest BCUT2D eigenvalue weighted by molar-refractivity contribution is 0.808. The van der Waals surface area contributed by atoms with E-state index in [2.05, 4.69) is 25.4 Å². The van der Waals surface area contributed by atoms with Gasteiger partial charge in [-0.1, -0.05) is 12.1 Å². The van der Waals surface area contributed by atoms with Crippen molar-refractivity contribution in [2.45, 2.75) is 20.8 Å². The van der Waals surface area contributed by atoms with Crippen LogP contribution in [0.2, 0.25) is 0 Å². The van der Waals surface area contributed by atoms with Crippen LogP contribution in [0.3, 0.4) is 0 Å². The topological polar surface area (TPSA) is 68.5 Å². The van der Waals surface area contributed by atoms with Crippen LogP contribution < -0.4 is 5.32 Å². The van der Waals surface area contributed by atoms with Crippen molar-refractivity contribution in [2.24, 2.45) is 0 Å². The van der Waals surface area contributed by atoms with E-state index in [9.17, 15) is 0 Å². The third-order valence-corrected chi connectivity index (χ3v) is 2.99. The van der Waals surface area contributed by atoms with Crippen LogP contribution in [-0.4, -0.2) is 31.3 Å². The fourth-order valence-electron chi connectivity index (χ4n) is 2.18. The second-order valence-corrected chi connectivity index (χ2v) is 4.54. The lowest BCUT2D eigenvalue weighted by atomic mass is 10.2. The summed E-state index contributed by atoms with van der Waals surface area (Å²) in [6.07, 6.45) is 0. The number of hydrogen-bond donors (Lipinski definition) is 1. The highest BCUT2D eigenvalue weighted by Gasteiger charge is 2.12. The number of rotatable bonds is 3. The van der Waals surface area contributed by atoms with Crippen LogP contribution in [0, 0.1) is 13.8 Å². The molecule has 0 saturated carbocycles. The summed E-state index contributed by atoms with van der Waals surface area (Å²) in [6.45, 7) is 6.58. The molecule has 6 nitrogen and oxygen atoms in total. The van der Waals surface area contributed by atoms with Gasteiger partial charge in [0.25, 0.3) is 0 Å². The van der Waals surface area contributed by atoms with E-state index >= 15 is 0 Å². The number of benzene rings is 1. The minimum absolute atomic E-state index is 0.605. The summed E-state index contributed by atoms with van der Waals surface area (Å²) in [5.41, 5.74) is 0.890. The summed E-state index contributed by atoms with van der Waals surface area (Å²) in [7, 11) is 0. The largest absolute Gasteiger partial charge is 0.354 e. The Balaban J connectivity index is 2.29. The Morgan fingerprint density at radius 1 is 1.10 bits per heavy atom. The Morgan fingerprint density at radius 2 is 1.90 bits per heavy atom. The fraction of sp³-hybridized carbons (Fsp3) is 0.286. The lowest BCUT2D eigenvalue weighted by Crippen LogP contribution is -2.09. The van der Waals surface area contributed by atoms with Crippen LogP contribution >= 0.6 is 0 Å². The monoisotopic (exact) mass is 268 g/mol. The Kier molecular flexibility index (Phi) is 3.06. The molecule has 0 saturated heterocycles. The molecule has 0 spiro atoms. The van der Waals surface area contributed by atoms with Crippen molar-refractivity contribution < 1.29 is 0 Å². The molecule has 0 bridgehead atoms. The molecule has 20 heavy (non-hydrogen) atoms. The van der Waals surface area contributed by atoms with Crippen molar-refractivity contribution in [3.8, 4) is 5.82 Å². The summed E-state index contributed by atoms with van der Waals surface area (Å²) in [6, 6.07) is 7.91. The smallest absolute Gasteiger partial charge is 0.225 e. The van der Waals surface area contributed by atoms with Gasteiger partial charge in [0, 0.05) is 11.9 Å². The minimum atomic E-state index is 0.605. The molecule has 102 valence electrons. The van der Waals surface area contributed by atoms with Crippen molar-refractivity contribution in [1.29, 1.82) is 0 Å². The summed E-state index contributed by atoms with van der Waals surface area (Å²) in [5.74, 6) is 2.90. The van der Waals surface area contributed by atoms with E-state index in [1.165, 1.54) is 0 Å². The van der Waals surface area contributed by atoms with Crippen LogP contribution in [0.5, 0.6) is 0 Å². The maximum absolute atomic E-state index is 4.57. The first-order chi connectivity index (χ1) is 9.69. The van der Waals surface area contributed by atoms with E-state index in [-0.39, 0.29) is 0 Å². The molecule has 0 atom stereocenters. The van der Waals surface area contributed by atoms with Crippen LogP contribution in [-0.2, 0) is 0 Å². The zero-order chi connectivity index (χ0) is 14.1. The van der Waals surface area contributed by atoms with E-state index in [0.717, 1.165) is 34.9 Å². The highest BCUT2D eigenvalue weighted by atomic mass is 15.4. The van der Waals surface area contributed by atoms with E-state index in [1.54, 1.807) is 4.68 Å². The van der Waals surface area contributed by atoms with Crippen LogP contribution in [0.4, 0.5) is 5.95 Å². The highest BCUT2D eigenvalue weighted by molar-refractivity contribution is 5.86. The first-order valence-corrected chi connectivity index (χ1v) is 6.60. The van der Waals surface area contributed by atoms with Gasteiger partial charge in [-0.05, 0) is 32.9 Å². The van der Waals surface area contributed by atoms with Gasteiger partial charge in [0.2, 0.25) is 5.95 Å². The van der Waals surface area contributed by atoms with E-state index < -0.39 is 0 Å². The molecule has 1 aromatic carbocycles. The average Bonchev–Trinajstić information content (AvgIpc) is 2.77. The quantitative estimate of drug-likeness (QED) is 0.789. The summed E-state index contributed by atoms with van der Waals surface area (Å²) >= 11 is 0. The molecule has 1 N–H and O–H groups in total. The molecular weight excluding hydrogens is 252 g/mol.